The molecule has 0 radical (unpaired) electrons. The minimum atomic E-state index is -4.54. The van der Waals surface area contributed by atoms with E-state index in [4.69, 9.17) is 0 Å². The van der Waals surface area contributed by atoms with E-state index in [0.29, 0.717) is 25.2 Å². The fourth-order valence-corrected chi connectivity index (χ4v) is 4.61. The van der Waals surface area contributed by atoms with Crippen LogP contribution in [0.25, 0.3) is 5.70 Å². The molecule has 0 fully saturated rings. The summed E-state index contributed by atoms with van der Waals surface area (Å²) in [6.07, 6.45) is -0.668. The van der Waals surface area contributed by atoms with Crippen LogP contribution in [0.4, 0.5) is 27.6 Å². The third-order valence-corrected chi connectivity index (χ3v) is 6.33. The van der Waals surface area contributed by atoms with Crippen LogP contribution in [0.3, 0.4) is 0 Å². The monoisotopic (exact) mass is 504 g/mol. The second-order valence-electron chi connectivity index (χ2n) is 8.97. The van der Waals surface area contributed by atoms with Crippen molar-refractivity contribution in [3.8, 4) is 0 Å². The minimum absolute atomic E-state index is 0.00723. The zero-order valence-electron chi connectivity index (χ0n) is 20.0. The molecule has 4 nitrogen and oxygen atoms in total. The van der Waals surface area contributed by atoms with E-state index in [1.54, 1.807) is 6.07 Å². The predicted octanol–water partition coefficient (Wildman–Crippen LogP) is 7.28. The molecule has 1 aliphatic carbocycles. The molecule has 2 aromatic carbocycles. The van der Waals surface area contributed by atoms with Gasteiger partial charge in [-0.25, -0.2) is 13.8 Å². The van der Waals surface area contributed by atoms with Crippen molar-refractivity contribution < 1.29 is 22.0 Å². The normalized spacial score (nSPS) is 18.1. The minimum Gasteiger partial charge on any atom is -0.382 e. The molecule has 1 atom stereocenters. The smallest absolute Gasteiger partial charge is 0.382 e. The number of anilines is 1. The summed E-state index contributed by atoms with van der Waals surface area (Å²) in [5, 5.41) is 9.28. The standard InChI is InChI=1S/C27H29F5N4/c1-3-13-33-24-20(14-17(28)15-22(24)29)16(2)34-26-19-10-5-4-6-12-23(19)35-25(36-26)18-9-7-8-11-21(18)27(30,31)32/h7-9,11,14-15,25,33,35H,2-6,10,12-13H2,1H3,(H,34,36). The molecule has 0 saturated carbocycles. The van der Waals surface area contributed by atoms with E-state index >= 15 is 0 Å². The summed E-state index contributed by atoms with van der Waals surface area (Å²) in [6.45, 7) is 6.39. The lowest BCUT2D eigenvalue weighted by Crippen LogP contribution is -2.35. The van der Waals surface area contributed by atoms with Crippen molar-refractivity contribution in [1.82, 2.24) is 10.6 Å². The number of nitrogens with zero attached hydrogens (tertiary/aromatic N) is 1. The first-order valence-corrected chi connectivity index (χ1v) is 12.1. The number of amidine groups is 1. The lowest BCUT2D eigenvalue weighted by molar-refractivity contribution is -0.138. The van der Waals surface area contributed by atoms with Crippen molar-refractivity contribution in [3.05, 3.63) is 82.6 Å². The van der Waals surface area contributed by atoms with Crippen LogP contribution in [-0.2, 0) is 6.18 Å². The van der Waals surface area contributed by atoms with E-state index in [-0.39, 0.29) is 22.5 Å². The molecule has 0 aromatic heterocycles. The van der Waals surface area contributed by atoms with Crippen LogP contribution < -0.4 is 16.0 Å². The van der Waals surface area contributed by atoms with Crippen LogP contribution in [0, 0.1) is 11.6 Å². The van der Waals surface area contributed by atoms with Gasteiger partial charge in [0.05, 0.1) is 11.3 Å². The summed E-state index contributed by atoms with van der Waals surface area (Å²) >= 11 is 0. The van der Waals surface area contributed by atoms with Crippen molar-refractivity contribution in [2.24, 2.45) is 4.99 Å². The van der Waals surface area contributed by atoms with Crippen LogP contribution >= 0.6 is 0 Å². The molecular weight excluding hydrogens is 475 g/mol. The fraction of sp³-hybridized carbons (Fsp3) is 0.370. The lowest BCUT2D eigenvalue weighted by atomic mass is 9.99. The number of rotatable bonds is 6. The number of benzene rings is 2. The van der Waals surface area contributed by atoms with E-state index in [1.807, 2.05) is 6.92 Å². The SMILES string of the molecule is C=C(NC1=NC(c2ccccc2C(F)(F)F)NC2=C1CCCCC2)c1cc(F)cc(F)c1NCCC. The van der Waals surface area contributed by atoms with Crippen molar-refractivity contribution in [1.29, 1.82) is 0 Å². The summed E-state index contributed by atoms with van der Waals surface area (Å²) < 4.78 is 70.0. The molecule has 1 unspecified atom stereocenters. The van der Waals surface area contributed by atoms with Crippen LogP contribution in [0.15, 0.2) is 59.2 Å². The summed E-state index contributed by atoms with van der Waals surface area (Å²) in [4.78, 5) is 4.62. The molecule has 2 aliphatic rings. The Labute approximate surface area is 207 Å². The van der Waals surface area contributed by atoms with Crippen molar-refractivity contribution in [2.45, 2.75) is 57.8 Å². The molecule has 4 rings (SSSR count). The Morgan fingerprint density at radius 1 is 1.11 bits per heavy atom. The highest BCUT2D eigenvalue weighted by molar-refractivity contribution is 6.04. The molecule has 0 amide bonds. The average molecular weight is 505 g/mol. The predicted molar refractivity (Wildman–Crippen MR) is 132 cm³/mol. The topological polar surface area (TPSA) is 48.5 Å². The lowest BCUT2D eigenvalue weighted by Gasteiger charge is -2.30. The number of halogens is 5. The van der Waals surface area contributed by atoms with Gasteiger partial charge in [0.2, 0.25) is 0 Å². The molecule has 192 valence electrons. The van der Waals surface area contributed by atoms with Gasteiger partial charge in [-0.3, -0.25) is 0 Å². The maximum absolute atomic E-state index is 14.6. The Bertz CT molecular complexity index is 1200. The molecule has 1 aliphatic heterocycles. The van der Waals surface area contributed by atoms with Crippen molar-refractivity contribution >= 4 is 17.2 Å². The Balaban J connectivity index is 1.74. The number of allylic oxidation sites excluding steroid dienone is 1. The van der Waals surface area contributed by atoms with Gasteiger partial charge in [0.25, 0.3) is 0 Å². The third kappa shape index (κ3) is 5.55. The Hall–Kier alpha value is -3.36. The van der Waals surface area contributed by atoms with Gasteiger partial charge in [-0.1, -0.05) is 38.1 Å². The van der Waals surface area contributed by atoms with Crippen LogP contribution in [0.1, 0.15) is 68.3 Å². The highest BCUT2D eigenvalue weighted by Gasteiger charge is 2.36. The molecule has 0 bridgehead atoms. The van der Waals surface area contributed by atoms with Crippen molar-refractivity contribution in [3.63, 3.8) is 0 Å². The van der Waals surface area contributed by atoms with Gasteiger partial charge in [0.15, 0.2) is 0 Å². The second-order valence-corrected chi connectivity index (χ2v) is 8.97. The molecule has 1 heterocycles. The van der Waals surface area contributed by atoms with E-state index < -0.39 is 29.5 Å². The van der Waals surface area contributed by atoms with Crippen LogP contribution in [0.5, 0.6) is 0 Å². The molecule has 0 spiro atoms. The maximum atomic E-state index is 14.6. The van der Waals surface area contributed by atoms with E-state index in [9.17, 15) is 22.0 Å². The summed E-state index contributed by atoms with van der Waals surface area (Å²) in [5.41, 5.74) is 1.44. The van der Waals surface area contributed by atoms with E-state index in [2.05, 4.69) is 27.5 Å². The zero-order valence-corrected chi connectivity index (χ0v) is 20.0. The average Bonchev–Trinajstić information content (AvgIpc) is 3.08. The summed E-state index contributed by atoms with van der Waals surface area (Å²) in [5.74, 6) is -1.14. The molecule has 9 heteroatoms. The summed E-state index contributed by atoms with van der Waals surface area (Å²) in [6, 6.07) is 7.32. The third-order valence-electron chi connectivity index (χ3n) is 6.33. The van der Waals surface area contributed by atoms with E-state index in [1.165, 1.54) is 18.2 Å². The number of hydrogen-bond donors (Lipinski definition) is 3. The van der Waals surface area contributed by atoms with Gasteiger partial charge in [0, 0.05) is 40.7 Å². The maximum Gasteiger partial charge on any atom is 0.416 e. The van der Waals surface area contributed by atoms with Gasteiger partial charge in [-0.2, -0.15) is 13.2 Å². The Morgan fingerprint density at radius 3 is 2.61 bits per heavy atom. The highest BCUT2D eigenvalue weighted by atomic mass is 19.4. The van der Waals surface area contributed by atoms with Crippen LogP contribution in [0.2, 0.25) is 0 Å². The number of alkyl halides is 3. The molecule has 36 heavy (non-hydrogen) atoms. The quantitative estimate of drug-likeness (QED) is 0.362. The highest BCUT2D eigenvalue weighted by Crippen LogP contribution is 2.38. The van der Waals surface area contributed by atoms with Gasteiger partial charge >= 0.3 is 6.18 Å². The van der Waals surface area contributed by atoms with Gasteiger partial charge < -0.3 is 16.0 Å². The number of aliphatic imine (C=N–C) groups is 1. The van der Waals surface area contributed by atoms with E-state index in [0.717, 1.165) is 49.1 Å². The van der Waals surface area contributed by atoms with Gasteiger partial charge in [-0.15, -0.1) is 0 Å². The van der Waals surface area contributed by atoms with Crippen molar-refractivity contribution in [2.75, 3.05) is 11.9 Å². The first-order chi connectivity index (χ1) is 17.2. The Kier molecular flexibility index (Phi) is 7.66. The first kappa shape index (κ1) is 25.7. The Morgan fingerprint density at radius 2 is 1.86 bits per heavy atom. The number of hydrogen-bond acceptors (Lipinski definition) is 4. The van der Waals surface area contributed by atoms with Gasteiger partial charge in [-0.05, 0) is 44.2 Å². The molecule has 3 N–H and O–H groups in total. The molecule has 0 saturated heterocycles. The zero-order chi connectivity index (χ0) is 25.9. The fourth-order valence-electron chi connectivity index (χ4n) is 4.61. The summed E-state index contributed by atoms with van der Waals surface area (Å²) in [7, 11) is 0. The van der Waals surface area contributed by atoms with Crippen LogP contribution in [-0.4, -0.2) is 12.4 Å². The second kappa shape index (κ2) is 10.7. The molecule has 2 aromatic rings. The van der Waals surface area contributed by atoms with Gasteiger partial charge in [0.1, 0.15) is 23.6 Å². The molecular formula is C27H29F5N4. The largest absolute Gasteiger partial charge is 0.416 e. The first-order valence-electron chi connectivity index (χ1n) is 12.1. The number of nitrogens with one attached hydrogen (secondary N) is 3.